The highest BCUT2D eigenvalue weighted by molar-refractivity contribution is 9.10. The molecule has 6 heteroatoms. The van der Waals surface area contributed by atoms with Gasteiger partial charge in [0.25, 0.3) is 0 Å². The predicted octanol–water partition coefficient (Wildman–Crippen LogP) is 0.580. The maximum absolute atomic E-state index is 8.36. The van der Waals surface area contributed by atoms with Crippen LogP contribution in [0.15, 0.2) is 0 Å². The van der Waals surface area contributed by atoms with Gasteiger partial charge in [-0.3, -0.25) is 5.73 Å². The van der Waals surface area contributed by atoms with E-state index in [1.165, 1.54) is 4.90 Å². The van der Waals surface area contributed by atoms with E-state index in [1.807, 2.05) is 0 Å². The van der Waals surface area contributed by atoms with E-state index in [2.05, 4.69) is 32.8 Å². The van der Waals surface area contributed by atoms with Crippen LogP contribution < -0.4 is 5.73 Å². The first-order valence-corrected chi connectivity index (χ1v) is 4.19. The molecule has 66 valence electrons. The van der Waals surface area contributed by atoms with Crippen molar-refractivity contribution in [1.29, 1.82) is 5.26 Å². The number of nitrogens with two attached hydrogens (primary N) is 1. The van der Waals surface area contributed by atoms with E-state index in [1.54, 1.807) is 13.1 Å². The van der Waals surface area contributed by atoms with Gasteiger partial charge in [0, 0.05) is 7.05 Å². The molecule has 0 aromatic heterocycles. The quantitative estimate of drug-likeness (QED) is 0.257. The Morgan fingerprint density at radius 1 is 1.83 bits per heavy atom. The second kappa shape index (κ2) is 5.10. The van der Waals surface area contributed by atoms with Crippen LogP contribution in [-0.4, -0.2) is 22.6 Å². The van der Waals surface area contributed by atoms with Crippen molar-refractivity contribution in [2.45, 2.75) is 4.63 Å². The molecule has 1 atom stereocenters. The standard InChI is InChI=1S/C6H7BrClN3O/c1-11(5-8)2-3-12-6(7,10)4-9/h5,10H2,1H3. The van der Waals surface area contributed by atoms with Crippen molar-refractivity contribution in [3.8, 4) is 18.2 Å². The molecule has 0 spiro atoms. The zero-order valence-corrected chi connectivity index (χ0v) is 8.68. The Balaban J connectivity index is 3.96. The highest BCUT2D eigenvalue weighted by Crippen LogP contribution is 2.08. The lowest BCUT2D eigenvalue weighted by molar-refractivity contribution is 0.198. The molecule has 0 aliphatic carbocycles. The molecule has 2 N–H and O–H groups in total. The number of nitrogens with zero attached hydrogens (tertiary/aromatic N) is 2. The first-order chi connectivity index (χ1) is 5.52. The molecule has 0 aliphatic heterocycles. The van der Waals surface area contributed by atoms with Gasteiger partial charge in [0.15, 0.2) is 0 Å². The number of rotatable bonds is 2. The number of ether oxygens (including phenoxy) is 1. The lowest BCUT2D eigenvalue weighted by Gasteiger charge is -2.09. The lowest BCUT2D eigenvalue weighted by Crippen LogP contribution is -2.32. The highest BCUT2D eigenvalue weighted by Gasteiger charge is 2.19. The van der Waals surface area contributed by atoms with Gasteiger partial charge in [-0.05, 0) is 15.9 Å². The molecule has 0 saturated heterocycles. The molecule has 0 rings (SSSR count). The van der Waals surface area contributed by atoms with Gasteiger partial charge in [-0.1, -0.05) is 0 Å². The minimum absolute atomic E-state index is 0.253. The summed E-state index contributed by atoms with van der Waals surface area (Å²) >= 11 is 8.19. The molecular weight excluding hydrogens is 245 g/mol. The number of nitriles is 1. The number of hydrogen-bond acceptors (Lipinski definition) is 4. The third-order valence-corrected chi connectivity index (χ3v) is 1.47. The summed E-state index contributed by atoms with van der Waals surface area (Å²) in [5.41, 5.74) is 5.22. The van der Waals surface area contributed by atoms with Crippen LogP contribution >= 0.6 is 27.5 Å². The second-order valence-corrected chi connectivity index (χ2v) is 3.31. The summed E-state index contributed by atoms with van der Waals surface area (Å²) < 4.78 is 3.07. The molecule has 0 radical (unpaired) electrons. The first-order valence-electron chi connectivity index (χ1n) is 2.86. The summed E-state index contributed by atoms with van der Waals surface area (Å²) in [6.07, 6.45) is 2.22. The Morgan fingerprint density at radius 2 is 2.42 bits per heavy atom. The molecule has 1 unspecified atom stereocenters. The van der Waals surface area contributed by atoms with Gasteiger partial charge in [0.2, 0.25) is 0 Å². The van der Waals surface area contributed by atoms with Gasteiger partial charge in [-0.2, -0.15) is 5.26 Å². The van der Waals surface area contributed by atoms with Crippen LogP contribution in [0.3, 0.4) is 0 Å². The molecule has 0 bridgehead atoms. The van der Waals surface area contributed by atoms with Crippen molar-refractivity contribution < 1.29 is 4.74 Å². The molecule has 4 nitrogen and oxygen atoms in total. The molecule has 0 aromatic carbocycles. The summed E-state index contributed by atoms with van der Waals surface area (Å²) in [5.74, 6) is 0. The smallest absolute Gasteiger partial charge is 0.313 e. The van der Waals surface area contributed by atoms with Crippen LogP contribution in [0, 0.1) is 23.5 Å². The SMILES string of the molecule is CN(C#COC(N)(Br)C#N)CCl. The van der Waals surface area contributed by atoms with Crippen LogP contribution in [0.5, 0.6) is 0 Å². The average molecular weight is 252 g/mol. The van der Waals surface area contributed by atoms with E-state index in [9.17, 15) is 0 Å². The number of halogens is 2. The van der Waals surface area contributed by atoms with Crippen LogP contribution in [-0.2, 0) is 4.74 Å². The first kappa shape index (κ1) is 11.4. The van der Waals surface area contributed by atoms with Crippen molar-refractivity contribution in [3.05, 3.63) is 0 Å². The van der Waals surface area contributed by atoms with Gasteiger partial charge >= 0.3 is 4.63 Å². The second-order valence-electron chi connectivity index (χ2n) is 1.89. The topological polar surface area (TPSA) is 62.3 Å². The minimum atomic E-state index is -1.55. The largest absolute Gasteiger partial charge is 0.397 e. The van der Waals surface area contributed by atoms with Crippen LogP contribution in [0.2, 0.25) is 0 Å². The van der Waals surface area contributed by atoms with Crippen molar-refractivity contribution in [3.63, 3.8) is 0 Å². The predicted molar refractivity (Wildman–Crippen MR) is 48.8 cm³/mol. The maximum atomic E-state index is 8.36. The zero-order chi connectivity index (χ0) is 9.61. The Labute approximate surface area is 84.3 Å². The maximum Gasteiger partial charge on any atom is 0.313 e. The molecule has 0 fully saturated rings. The van der Waals surface area contributed by atoms with E-state index in [4.69, 9.17) is 22.6 Å². The van der Waals surface area contributed by atoms with Gasteiger partial charge < -0.3 is 9.64 Å². The Bertz CT molecular complexity index is 239. The summed E-state index contributed by atoms with van der Waals surface area (Å²) in [6.45, 7) is 0. The van der Waals surface area contributed by atoms with Crippen LogP contribution in [0.25, 0.3) is 0 Å². The van der Waals surface area contributed by atoms with Gasteiger partial charge in [0.1, 0.15) is 18.2 Å². The van der Waals surface area contributed by atoms with Gasteiger partial charge in [-0.15, -0.1) is 11.6 Å². The molecule has 12 heavy (non-hydrogen) atoms. The highest BCUT2D eigenvalue weighted by atomic mass is 79.9. The molecule has 0 heterocycles. The number of alkyl halides is 2. The van der Waals surface area contributed by atoms with Crippen molar-refractivity contribution >= 4 is 27.5 Å². The molecule has 0 amide bonds. The molecule has 0 saturated carbocycles. The summed E-state index contributed by atoms with van der Waals surface area (Å²) in [5, 5.41) is 8.36. The Morgan fingerprint density at radius 3 is 2.83 bits per heavy atom. The van der Waals surface area contributed by atoms with Crippen LogP contribution in [0.4, 0.5) is 0 Å². The molecule has 0 aliphatic rings. The van der Waals surface area contributed by atoms with Crippen molar-refractivity contribution in [2.24, 2.45) is 5.73 Å². The molecule has 0 aromatic rings. The van der Waals surface area contributed by atoms with Crippen LogP contribution in [0.1, 0.15) is 0 Å². The normalized spacial score (nSPS) is 13.2. The summed E-state index contributed by atoms with van der Waals surface area (Å²) in [6, 6.07) is 4.39. The fourth-order valence-corrected chi connectivity index (χ4v) is 0.368. The third kappa shape index (κ3) is 5.09. The van der Waals surface area contributed by atoms with E-state index in [0.717, 1.165) is 0 Å². The van der Waals surface area contributed by atoms with E-state index in [0.29, 0.717) is 0 Å². The summed E-state index contributed by atoms with van der Waals surface area (Å²) in [7, 11) is 1.67. The van der Waals surface area contributed by atoms with Crippen molar-refractivity contribution in [2.75, 3.05) is 13.1 Å². The fraction of sp³-hybridized carbons (Fsp3) is 0.500. The monoisotopic (exact) mass is 251 g/mol. The van der Waals surface area contributed by atoms with E-state index >= 15 is 0 Å². The van der Waals surface area contributed by atoms with E-state index < -0.39 is 4.63 Å². The van der Waals surface area contributed by atoms with Gasteiger partial charge in [-0.25, -0.2) is 0 Å². The minimum Gasteiger partial charge on any atom is -0.397 e. The Kier molecular flexibility index (Phi) is 4.84. The van der Waals surface area contributed by atoms with Crippen molar-refractivity contribution in [1.82, 2.24) is 4.90 Å². The third-order valence-electron chi connectivity index (χ3n) is 0.768. The molecular formula is C6H7BrClN3O. The average Bonchev–Trinajstić information content (AvgIpc) is 2.04. The Hall–Kier alpha value is -0.620. The zero-order valence-electron chi connectivity index (χ0n) is 6.34. The van der Waals surface area contributed by atoms with E-state index in [-0.39, 0.29) is 6.00 Å². The number of hydrogen-bond donors (Lipinski definition) is 1. The van der Waals surface area contributed by atoms with Gasteiger partial charge in [0.05, 0.1) is 6.04 Å². The summed E-state index contributed by atoms with van der Waals surface area (Å²) in [4.78, 5) is 1.47. The lowest BCUT2D eigenvalue weighted by atomic mass is 10.7. The fourth-order valence-electron chi connectivity index (χ4n) is 0.228.